The van der Waals surface area contributed by atoms with Crippen LogP contribution < -0.4 is 10.6 Å². The Morgan fingerprint density at radius 2 is 0.855 bits per heavy atom. The summed E-state index contributed by atoms with van der Waals surface area (Å²) in [7, 11) is 0. The Bertz CT molecular complexity index is 1190. The first-order valence-electron chi connectivity index (χ1n) is 19.5. The van der Waals surface area contributed by atoms with Crippen LogP contribution in [-0.2, 0) is 47.7 Å². The first-order chi connectivity index (χ1) is 25.2. The van der Waals surface area contributed by atoms with Crippen molar-refractivity contribution in [2.45, 2.75) is 131 Å². The number of nitrogens with zero attached hydrogens (tertiary/aromatic N) is 4. The molecule has 1 rings (SSSR count). The first-order valence-corrected chi connectivity index (χ1v) is 19.5. The quantitative estimate of drug-likeness (QED) is 0.101. The van der Waals surface area contributed by atoms with E-state index in [1.54, 1.807) is 20.8 Å². The number of hydrogen-bond acceptors (Lipinski definition) is 14. The average Bonchev–Trinajstić information content (AvgIpc) is 2.97. The topological polar surface area (TPSA) is 176 Å². The van der Waals surface area contributed by atoms with Gasteiger partial charge in [-0.3, -0.25) is 43.6 Å². The van der Waals surface area contributed by atoms with Crippen molar-refractivity contribution in [3.63, 3.8) is 0 Å². The number of nitrogens with one attached hydrogen (secondary N) is 2. The van der Waals surface area contributed by atoms with Crippen LogP contribution in [0.15, 0.2) is 0 Å². The van der Waals surface area contributed by atoms with Crippen molar-refractivity contribution < 1.29 is 47.7 Å². The Morgan fingerprint density at radius 1 is 0.527 bits per heavy atom. The smallest absolute Gasteiger partial charge is 0.329 e. The van der Waals surface area contributed by atoms with Crippen molar-refractivity contribution in [1.29, 1.82) is 0 Å². The van der Waals surface area contributed by atoms with Crippen molar-refractivity contribution in [2.24, 2.45) is 0 Å². The second-order valence-corrected chi connectivity index (χ2v) is 18.1. The van der Waals surface area contributed by atoms with Gasteiger partial charge in [0, 0.05) is 58.9 Å². The van der Waals surface area contributed by atoms with E-state index in [4.69, 9.17) is 18.9 Å². The van der Waals surface area contributed by atoms with E-state index in [1.807, 2.05) is 81.9 Å². The van der Waals surface area contributed by atoms with Crippen molar-refractivity contribution in [3.8, 4) is 0 Å². The lowest BCUT2D eigenvalue weighted by Crippen LogP contribution is -2.50. The molecule has 0 aromatic carbocycles. The molecule has 0 aromatic rings. The second-order valence-electron chi connectivity index (χ2n) is 18.1. The minimum Gasteiger partial charge on any atom is -0.459 e. The van der Waals surface area contributed by atoms with Crippen LogP contribution in [0.2, 0.25) is 0 Å². The van der Waals surface area contributed by atoms with Crippen LogP contribution in [0.5, 0.6) is 0 Å². The van der Waals surface area contributed by atoms with Crippen LogP contribution in [0, 0.1) is 0 Å². The molecule has 0 radical (unpaired) electrons. The van der Waals surface area contributed by atoms with Gasteiger partial charge in [0.1, 0.15) is 28.4 Å². The molecule has 1 fully saturated rings. The number of carbonyl (C=O) groups is 6. The summed E-state index contributed by atoms with van der Waals surface area (Å²) in [4.78, 5) is 83.4. The summed E-state index contributed by atoms with van der Waals surface area (Å²) in [6, 6.07) is -0.772. The van der Waals surface area contributed by atoms with Gasteiger partial charge in [-0.1, -0.05) is 0 Å². The van der Waals surface area contributed by atoms with Crippen LogP contribution in [-0.4, -0.2) is 169 Å². The van der Waals surface area contributed by atoms with Crippen molar-refractivity contribution in [1.82, 2.24) is 30.2 Å². The summed E-state index contributed by atoms with van der Waals surface area (Å²) in [6.45, 7) is 25.7. The highest BCUT2D eigenvalue weighted by molar-refractivity contribution is 5.79. The average molecular weight is 785 g/mol. The van der Waals surface area contributed by atoms with E-state index in [2.05, 4.69) is 10.6 Å². The third kappa shape index (κ3) is 26.2. The molecule has 16 nitrogen and oxygen atoms in total. The summed E-state index contributed by atoms with van der Waals surface area (Å²) in [5.41, 5.74) is -2.64. The molecule has 1 aliphatic rings. The summed E-state index contributed by atoms with van der Waals surface area (Å²) in [5.74, 6) is -1.81. The Kier molecular flexibility index (Phi) is 20.8. The first kappa shape index (κ1) is 49.7. The highest BCUT2D eigenvalue weighted by Gasteiger charge is 2.27. The number of esters is 4. The molecule has 0 aliphatic carbocycles. The van der Waals surface area contributed by atoms with Crippen LogP contribution in [0.1, 0.15) is 102 Å². The molecule has 2 amide bonds. The van der Waals surface area contributed by atoms with Gasteiger partial charge in [0.15, 0.2) is 0 Å². The van der Waals surface area contributed by atoms with Crippen LogP contribution in [0.4, 0.5) is 0 Å². The van der Waals surface area contributed by atoms with Gasteiger partial charge in [-0.15, -0.1) is 0 Å². The fraction of sp³-hybridized carbons (Fsp3) is 0.846. The van der Waals surface area contributed by atoms with E-state index in [9.17, 15) is 28.8 Å². The highest BCUT2D eigenvalue weighted by Crippen LogP contribution is 2.13. The Balaban J connectivity index is 3.10. The van der Waals surface area contributed by atoms with Crippen molar-refractivity contribution >= 4 is 36.2 Å². The van der Waals surface area contributed by atoms with E-state index < -0.39 is 34.4 Å². The van der Waals surface area contributed by atoms with Gasteiger partial charge in [0.25, 0.3) is 0 Å². The summed E-state index contributed by atoms with van der Waals surface area (Å²) in [5, 5.41) is 5.48. The largest absolute Gasteiger partial charge is 0.459 e. The van der Waals surface area contributed by atoms with Gasteiger partial charge in [-0.05, 0) is 102 Å². The van der Waals surface area contributed by atoms with E-state index in [1.165, 1.54) is 0 Å². The molecule has 16 heteroatoms. The molecule has 0 saturated carbocycles. The fourth-order valence-electron chi connectivity index (χ4n) is 5.56. The molecule has 1 heterocycles. The number of hydrogen-bond donors (Lipinski definition) is 2. The molecule has 0 bridgehead atoms. The molecular weight excluding hydrogens is 712 g/mol. The van der Waals surface area contributed by atoms with E-state index in [0.717, 1.165) is 0 Å². The number of rotatable bonds is 16. The Hall–Kier alpha value is -3.34. The van der Waals surface area contributed by atoms with E-state index in [-0.39, 0.29) is 50.0 Å². The van der Waals surface area contributed by atoms with E-state index >= 15 is 0 Å². The standard InChI is InChI=1S/C39H72N6O10/c1-36(2,3)52-32(48)26-43-19-17-42(25-31(47)40-16-14-13-15-30(41-29-46)35(51)55-39(10,11)12)18-20-44(27-33(49)53-37(4,5)6)22-24-45(23-21-43)28-34(50)54-38(7,8)9/h29-30H,13-28H2,1-12H3,(H,40,47)(H,41,46). The number of unbranched alkanes of at least 4 members (excludes halogenated alkanes) is 1. The zero-order valence-corrected chi connectivity index (χ0v) is 35.8. The lowest BCUT2D eigenvalue weighted by Gasteiger charge is -2.34. The Morgan fingerprint density at radius 3 is 1.16 bits per heavy atom. The maximum absolute atomic E-state index is 13.2. The molecule has 1 aliphatic heterocycles. The normalized spacial score (nSPS) is 17.2. The summed E-state index contributed by atoms with van der Waals surface area (Å²) in [6.07, 6.45) is 2.00. The third-order valence-electron chi connectivity index (χ3n) is 7.82. The molecule has 2 N–H and O–H groups in total. The zero-order valence-electron chi connectivity index (χ0n) is 35.8. The molecule has 0 aromatic heterocycles. The summed E-state index contributed by atoms with van der Waals surface area (Å²) < 4.78 is 22.3. The fourth-order valence-corrected chi connectivity index (χ4v) is 5.56. The van der Waals surface area contributed by atoms with E-state index in [0.29, 0.717) is 84.6 Å². The molecule has 55 heavy (non-hydrogen) atoms. The van der Waals surface area contributed by atoms with Gasteiger partial charge in [0.05, 0.1) is 26.2 Å². The molecule has 1 atom stereocenters. The predicted molar refractivity (Wildman–Crippen MR) is 209 cm³/mol. The van der Waals surface area contributed by atoms with Gasteiger partial charge in [-0.2, -0.15) is 0 Å². The molecular formula is C39H72N6O10. The monoisotopic (exact) mass is 785 g/mol. The van der Waals surface area contributed by atoms with Crippen molar-refractivity contribution in [3.05, 3.63) is 0 Å². The SMILES string of the molecule is CC(C)(C)OC(=O)CN1CCN(CC(=O)NCCCCC(NC=O)C(=O)OC(C)(C)C)CCN(CC(=O)OC(C)(C)C)CCN(CC(=O)OC(C)(C)C)CC1. The molecule has 0 spiro atoms. The Labute approximate surface area is 329 Å². The lowest BCUT2D eigenvalue weighted by atomic mass is 10.1. The molecule has 1 unspecified atom stereocenters. The lowest BCUT2D eigenvalue weighted by molar-refractivity contribution is -0.158. The van der Waals surface area contributed by atoms with Gasteiger partial charge in [0.2, 0.25) is 12.3 Å². The molecule has 318 valence electrons. The third-order valence-corrected chi connectivity index (χ3v) is 7.82. The highest BCUT2D eigenvalue weighted by atomic mass is 16.6. The van der Waals surface area contributed by atoms with Crippen LogP contribution in [0.25, 0.3) is 0 Å². The van der Waals surface area contributed by atoms with Crippen LogP contribution in [0.3, 0.4) is 0 Å². The molecule has 1 saturated heterocycles. The predicted octanol–water partition coefficient (Wildman–Crippen LogP) is 1.98. The van der Waals surface area contributed by atoms with Crippen LogP contribution >= 0.6 is 0 Å². The zero-order chi connectivity index (χ0) is 42.0. The maximum Gasteiger partial charge on any atom is 0.329 e. The minimum absolute atomic E-state index is 0.0333. The maximum atomic E-state index is 13.2. The number of amides is 2. The number of ether oxygens (including phenoxy) is 4. The summed E-state index contributed by atoms with van der Waals surface area (Å²) >= 11 is 0. The van der Waals surface area contributed by atoms with Gasteiger partial charge in [-0.25, -0.2) is 4.79 Å². The van der Waals surface area contributed by atoms with Gasteiger partial charge >= 0.3 is 23.9 Å². The number of carbonyl (C=O) groups excluding carboxylic acids is 6. The second kappa shape index (κ2) is 23.0. The van der Waals surface area contributed by atoms with Gasteiger partial charge < -0.3 is 29.6 Å². The van der Waals surface area contributed by atoms with Crippen molar-refractivity contribution in [2.75, 3.05) is 85.1 Å². The minimum atomic E-state index is -0.772.